The summed E-state index contributed by atoms with van der Waals surface area (Å²) in [6, 6.07) is 0. The van der Waals surface area contributed by atoms with Crippen LogP contribution in [-0.4, -0.2) is 0 Å². The summed E-state index contributed by atoms with van der Waals surface area (Å²) in [4.78, 5) is 0. The topological polar surface area (TPSA) is 0 Å². The van der Waals surface area contributed by atoms with E-state index < -0.39 is 0 Å². The van der Waals surface area contributed by atoms with E-state index in [-0.39, 0.29) is 0 Å². The van der Waals surface area contributed by atoms with E-state index in [1.165, 1.54) is 263 Å². The highest BCUT2D eigenvalue weighted by molar-refractivity contribution is 4.66. The second-order valence-electron chi connectivity index (χ2n) is 15.2. The molecule has 0 aliphatic carbocycles. The maximum atomic E-state index is 3.78. The molecule has 0 nitrogen and oxygen atoms in total. The van der Waals surface area contributed by atoms with Crippen molar-refractivity contribution in [3.05, 3.63) is 25.3 Å². The molecular weight excluding hydrogens is 565 g/mol. The lowest BCUT2D eigenvalue weighted by molar-refractivity contribution is 0.522. The Morgan fingerprint density at radius 2 is 0.340 bits per heavy atom. The third kappa shape index (κ3) is 52.5. The van der Waals surface area contributed by atoms with Crippen LogP contribution in [0, 0.1) is 0 Å². The lowest BCUT2D eigenvalue weighted by Gasteiger charge is -2.04. The van der Waals surface area contributed by atoms with Gasteiger partial charge >= 0.3 is 0 Å². The van der Waals surface area contributed by atoms with E-state index in [9.17, 15) is 0 Å². The molecule has 0 aromatic rings. The molecule has 0 aliphatic rings. The van der Waals surface area contributed by atoms with Crippen LogP contribution in [-0.2, 0) is 0 Å². The van der Waals surface area contributed by atoms with Crippen molar-refractivity contribution in [1.82, 2.24) is 0 Å². The van der Waals surface area contributed by atoms with Crippen molar-refractivity contribution >= 4 is 0 Å². The third-order valence-electron chi connectivity index (χ3n) is 10.3. The summed E-state index contributed by atoms with van der Waals surface area (Å²) in [6.07, 6.45) is 63.3. The zero-order valence-corrected chi connectivity index (χ0v) is 33.6. The van der Waals surface area contributed by atoms with Gasteiger partial charge in [0.15, 0.2) is 0 Å². The molecule has 0 radical (unpaired) electrons. The van der Waals surface area contributed by atoms with Crippen LogP contribution in [0.15, 0.2) is 25.3 Å². The lowest BCUT2D eigenvalue weighted by atomic mass is 10.0. The molecule has 0 saturated heterocycles. The molecule has 0 aromatic heterocycles. The van der Waals surface area contributed by atoms with Gasteiger partial charge in [-0.2, -0.15) is 0 Å². The lowest BCUT2D eigenvalue weighted by Crippen LogP contribution is -1.84. The quantitative estimate of drug-likeness (QED) is 0.0453. The Morgan fingerprint density at radius 1 is 0.213 bits per heavy atom. The Morgan fingerprint density at radius 3 is 0.468 bits per heavy atom. The maximum absolute atomic E-state index is 3.78. The summed E-state index contributed by atoms with van der Waals surface area (Å²) in [7, 11) is 0. The second kappa shape index (κ2) is 49.9. The Balaban J connectivity index is 0. The van der Waals surface area contributed by atoms with Gasteiger partial charge in [-0.3, -0.25) is 0 Å². The van der Waals surface area contributed by atoms with E-state index in [1.807, 2.05) is 6.08 Å². The van der Waals surface area contributed by atoms with Crippen LogP contribution in [0.2, 0.25) is 0 Å². The highest BCUT2D eigenvalue weighted by Crippen LogP contribution is 2.16. The molecule has 0 unspecified atom stereocenters. The van der Waals surface area contributed by atoms with Crippen molar-refractivity contribution in [2.45, 2.75) is 277 Å². The van der Waals surface area contributed by atoms with Crippen LogP contribution < -0.4 is 0 Å². The third-order valence-corrected chi connectivity index (χ3v) is 10.3. The minimum absolute atomic E-state index is 1.21. The van der Waals surface area contributed by atoms with E-state index >= 15 is 0 Å². The molecule has 0 rings (SSSR count). The van der Waals surface area contributed by atoms with Crippen molar-refractivity contribution in [2.24, 2.45) is 0 Å². The van der Waals surface area contributed by atoms with Crippen LogP contribution in [0.4, 0.5) is 0 Å². The summed E-state index contributed by atoms with van der Waals surface area (Å²) in [5, 5.41) is 0. The van der Waals surface area contributed by atoms with E-state index in [0.717, 1.165) is 0 Å². The molecule has 0 saturated carbocycles. The first-order chi connectivity index (χ1) is 23.3. The fraction of sp³-hybridized carbons (Fsp3) is 0.915. The van der Waals surface area contributed by atoms with Gasteiger partial charge in [-0.05, 0) is 25.7 Å². The van der Waals surface area contributed by atoms with Gasteiger partial charge in [0.2, 0.25) is 0 Å². The van der Waals surface area contributed by atoms with E-state index in [0.29, 0.717) is 0 Å². The van der Waals surface area contributed by atoms with E-state index in [1.54, 1.807) is 0 Å². The normalized spacial score (nSPS) is 11.0. The standard InChI is InChI=1S/C24H48.C23H46/c1-3-5-7-9-11-13-15-17-19-21-23-24-22-20-18-16-14-12-10-8-6-4-2;1-3-5-7-9-11-13-15-17-19-21-23-22-20-18-16-14-12-10-8-6-4-2/h3H,1,4-24H2,2H3;3H,1,4-23H2,2H3. The predicted octanol–water partition coefficient (Wildman–Crippen LogP) is 18.4. The number of hydrogen-bond donors (Lipinski definition) is 0. The van der Waals surface area contributed by atoms with Gasteiger partial charge in [0.1, 0.15) is 0 Å². The minimum Gasteiger partial charge on any atom is -0.103 e. The molecule has 47 heavy (non-hydrogen) atoms. The van der Waals surface area contributed by atoms with Crippen molar-refractivity contribution < 1.29 is 0 Å². The number of hydrogen-bond acceptors (Lipinski definition) is 0. The summed E-state index contributed by atoms with van der Waals surface area (Å²) in [5.74, 6) is 0. The molecular formula is C47H94. The van der Waals surface area contributed by atoms with Gasteiger partial charge in [0.25, 0.3) is 0 Å². The molecule has 0 aliphatic heterocycles. The van der Waals surface area contributed by atoms with Crippen LogP contribution in [0.25, 0.3) is 0 Å². The van der Waals surface area contributed by atoms with Gasteiger partial charge in [-0.1, -0.05) is 264 Å². The Hall–Kier alpha value is -0.520. The highest BCUT2D eigenvalue weighted by atomic mass is 14.0. The first kappa shape index (κ1) is 48.6. The molecule has 0 heteroatoms. The molecule has 282 valence electrons. The average Bonchev–Trinajstić information content (AvgIpc) is 3.09. The molecule has 0 amide bonds. The Kier molecular flexibility index (Phi) is 51.6. The number of rotatable bonds is 41. The zero-order valence-electron chi connectivity index (χ0n) is 33.6. The fourth-order valence-electron chi connectivity index (χ4n) is 6.91. The second-order valence-corrected chi connectivity index (χ2v) is 15.2. The van der Waals surface area contributed by atoms with E-state index in [4.69, 9.17) is 0 Å². The van der Waals surface area contributed by atoms with E-state index in [2.05, 4.69) is 33.1 Å². The molecule has 0 aromatic carbocycles. The molecule has 0 N–H and O–H groups in total. The molecule has 0 atom stereocenters. The largest absolute Gasteiger partial charge is 0.103 e. The van der Waals surface area contributed by atoms with Crippen LogP contribution >= 0.6 is 0 Å². The van der Waals surface area contributed by atoms with Crippen LogP contribution in [0.1, 0.15) is 277 Å². The van der Waals surface area contributed by atoms with Gasteiger partial charge in [-0.15, -0.1) is 13.2 Å². The SMILES string of the molecule is C=CCCCCCCCCCCCCCCCCCCCCC.C=CCCCCCCCCCCCCCCCCCCCCCC. The first-order valence-corrected chi connectivity index (χ1v) is 22.5. The molecule has 0 bridgehead atoms. The fourth-order valence-corrected chi connectivity index (χ4v) is 6.91. The van der Waals surface area contributed by atoms with Crippen molar-refractivity contribution in [2.75, 3.05) is 0 Å². The monoisotopic (exact) mass is 659 g/mol. The van der Waals surface area contributed by atoms with Crippen molar-refractivity contribution in [1.29, 1.82) is 0 Å². The summed E-state index contributed by atoms with van der Waals surface area (Å²) in [6.45, 7) is 12.2. The zero-order chi connectivity index (χ0) is 34.4. The van der Waals surface area contributed by atoms with Gasteiger partial charge in [0.05, 0.1) is 0 Å². The smallest absolute Gasteiger partial charge is 0.0353 e. The van der Waals surface area contributed by atoms with Crippen molar-refractivity contribution in [3.8, 4) is 0 Å². The molecule has 0 fully saturated rings. The number of allylic oxidation sites excluding steroid dienone is 2. The Bertz CT molecular complexity index is 518. The van der Waals surface area contributed by atoms with Gasteiger partial charge < -0.3 is 0 Å². The maximum Gasteiger partial charge on any atom is -0.0353 e. The minimum atomic E-state index is 1.21. The Labute approximate surface area is 301 Å². The first-order valence-electron chi connectivity index (χ1n) is 22.5. The van der Waals surface area contributed by atoms with Crippen molar-refractivity contribution in [3.63, 3.8) is 0 Å². The summed E-state index contributed by atoms with van der Waals surface area (Å²) < 4.78 is 0. The molecule has 0 heterocycles. The van der Waals surface area contributed by atoms with Crippen LogP contribution in [0.3, 0.4) is 0 Å². The highest BCUT2D eigenvalue weighted by Gasteiger charge is 1.97. The molecule has 0 spiro atoms. The van der Waals surface area contributed by atoms with Gasteiger partial charge in [0, 0.05) is 0 Å². The summed E-state index contributed by atoms with van der Waals surface area (Å²) in [5.41, 5.74) is 0. The summed E-state index contributed by atoms with van der Waals surface area (Å²) >= 11 is 0. The predicted molar refractivity (Wildman–Crippen MR) is 221 cm³/mol. The average molecular weight is 659 g/mol. The van der Waals surface area contributed by atoms with Crippen LogP contribution in [0.5, 0.6) is 0 Å². The number of unbranched alkanes of at least 4 members (excludes halogenated alkanes) is 39. The van der Waals surface area contributed by atoms with Gasteiger partial charge in [-0.25, -0.2) is 0 Å².